The molecule has 8 nitrogen and oxygen atoms in total. The molecule has 8 heteroatoms. The lowest BCUT2D eigenvalue weighted by molar-refractivity contribution is 0.0382. The second-order valence-electron chi connectivity index (χ2n) is 5.86. The molecule has 1 aliphatic rings. The van der Waals surface area contributed by atoms with Crippen LogP contribution >= 0.6 is 0 Å². The minimum atomic E-state index is -1.14. The molecule has 1 aliphatic heterocycles. The second kappa shape index (κ2) is 5.57. The number of benzene rings is 1. The number of likely N-dealkylation sites (tertiary alicyclic amines) is 1. The Labute approximate surface area is 137 Å². The molecular weight excluding hydrogens is 308 g/mol. The van der Waals surface area contributed by atoms with E-state index in [9.17, 15) is 9.90 Å². The molecule has 0 bridgehead atoms. The summed E-state index contributed by atoms with van der Waals surface area (Å²) in [7, 11) is 0. The van der Waals surface area contributed by atoms with E-state index < -0.39 is 5.60 Å². The monoisotopic (exact) mass is 324 g/mol. The minimum Gasteiger partial charge on any atom is -0.381 e. The quantitative estimate of drug-likeness (QED) is 0.739. The number of β-amino-alcohol motifs (C(OH)–C–C–N with tert-alkyl or cyclic N) is 1. The van der Waals surface area contributed by atoms with Crippen LogP contribution < -0.4 is 0 Å². The Bertz CT molecular complexity index is 828. The number of amides is 1. The Morgan fingerprint density at radius 2 is 2.12 bits per heavy atom. The van der Waals surface area contributed by atoms with Crippen molar-refractivity contribution >= 4 is 5.91 Å². The van der Waals surface area contributed by atoms with Gasteiger partial charge >= 0.3 is 0 Å². The molecule has 1 amide bonds. The maximum atomic E-state index is 12.7. The van der Waals surface area contributed by atoms with E-state index in [2.05, 4.69) is 20.5 Å². The highest BCUT2D eigenvalue weighted by atomic mass is 16.3. The van der Waals surface area contributed by atoms with Crippen molar-refractivity contribution in [2.45, 2.75) is 12.0 Å². The molecule has 1 atom stereocenters. The lowest BCUT2D eigenvalue weighted by atomic mass is 10.00. The van der Waals surface area contributed by atoms with Crippen LogP contribution in [0.2, 0.25) is 0 Å². The molecule has 24 heavy (non-hydrogen) atoms. The van der Waals surface area contributed by atoms with Crippen molar-refractivity contribution in [3.05, 3.63) is 60.2 Å². The third kappa shape index (κ3) is 2.46. The number of rotatable bonds is 3. The summed E-state index contributed by atoms with van der Waals surface area (Å²) in [6, 6.07) is 9.08. The number of nitrogens with zero attached hydrogens (tertiary/aromatic N) is 5. The molecule has 0 spiro atoms. The van der Waals surface area contributed by atoms with Crippen molar-refractivity contribution in [2.24, 2.45) is 0 Å². The Morgan fingerprint density at radius 1 is 1.29 bits per heavy atom. The summed E-state index contributed by atoms with van der Waals surface area (Å²) in [5.74, 6) is -0.110. The lowest BCUT2D eigenvalue weighted by Crippen LogP contribution is -2.34. The van der Waals surface area contributed by atoms with Crippen LogP contribution in [-0.4, -0.2) is 54.2 Å². The highest BCUT2D eigenvalue weighted by molar-refractivity contribution is 5.94. The first-order valence-electron chi connectivity index (χ1n) is 7.64. The topological polar surface area (TPSA) is 99.9 Å². The molecule has 1 aromatic carbocycles. The molecule has 1 saturated heterocycles. The van der Waals surface area contributed by atoms with Gasteiger partial charge in [0.2, 0.25) is 0 Å². The molecular formula is C16H16N6O2. The predicted molar refractivity (Wildman–Crippen MR) is 84.4 cm³/mol. The molecule has 2 N–H and O–H groups in total. The van der Waals surface area contributed by atoms with Gasteiger partial charge in [0.1, 0.15) is 11.3 Å². The molecule has 0 saturated carbocycles. The molecule has 0 aliphatic carbocycles. The highest BCUT2D eigenvalue weighted by Gasteiger charge is 2.41. The Kier molecular flexibility index (Phi) is 3.39. The first kappa shape index (κ1) is 14.6. The fourth-order valence-electron chi connectivity index (χ4n) is 2.96. The van der Waals surface area contributed by atoms with Crippen molar-refractivity contribution in [2.75, 3.05) is 13.1 Å². The number of hydrogen-bond acceptors (Lipinski definition) is 5. The molecule has 3 heterocycles. The third-order valence-electron chi connectivity index (χ3n) is 4.31. The summed E-state index contributed by atoms with van der Waals surface area (Å²) in [6.07, 6.45) is 5.48. The number of hydrogen-bond donors (Lipinski definition) is 2. The second-order valence-corrected chi connectivity index (χ2v) is 5.86. The minimum absolute atomic E-state index is 0.110. The number of nitrogens with one attached hydrogen (secondary N) is 1. The maximum Gasteiger partial charge on any atom is 0.253 e. The molecule has 0 unspecified atom stereocenters. The van der Waals surface area contributed by atoms with Gasteiger partial charge in [-0.3, -0.25) is 4.79 Å². The molecule has 2 aromatic heterocycles. The number of aromatic nitrogens is 5. The maximum absolute atomic E-state index is 12.7. The van der Waals surface area contributed by atoms with Crippen LogP contribution in [0.25, 0.3) is 5.69 Å². The van der Waals surface area contributed by atoms with Crippen LogP contribution in [0, 0.1) is 0 Å². The van der Waals surface area contributed by atoms with E-state index in [0.717, 1.165) is 5.69 Å². The van der Waals surface area contributed by atoms with Gasteiger partial charge in [0.15, 0.2) is 0 Å². The summed E-state index contributed by atoms with van der Waals surface area (Å²) in [5, 5.41) is 25.0. The fourth-order valence-corrected chi connectivity index (χ4v) is 2.96. The number of carbonyl (C=O) groups excluding carboxylic acids is 1. The average molecular weight is 324 g/mol. The molecule has 3 aromatic rings. The van der Waals surface area contributed by atoms with Crippen molar-refractivity contribution in [3.63, 3.8) is 0 Å². The zero-order chi connectivity index (χ0) is 16.6. The normalized spacial score (nSPS) is 20.5. The predicted octanol–water partition coefficient (Wildman–Crippen LogP) is 0.724. The van der Waals surface area contributed by atoms with Crippen LogP contribution in [0.4, 0.5) is 0 Å². The van der Waals surface area contributed by atoms with E-state index in [-0.39, 0.29) is 12.5 Å². The number of aliphatic hydroxyl groups is 1. The SMILES string of the molecule is O=C(c1ccc(-n2cccn2)cc1)N1CC[C@](O)(c2cn[nH]n2)C1. The fraction of sp³-hybridized carbons (Fsp3) is 0.250. The van der Waals surface area contributed by atoms with Crippen molar-refractivity contribution in [1.29, 1.82) is 0 Å². The smallest absolute Gasteiger partial charge is 0.253 e. The van der Waals surface area contributed by atoms with E-state index in [1.807, 2.05) is 24.4 Å². The van der Waals surface area contributed by atoms with Gasteiger partial charge in [-0.1, -0.05) is 0 Å². The zero-order valence-corrected chi connectivity index (χ0v) is 12.8. The van der Waals surface area contributed by atoms with E-state index >= 15 is 0 Å². The number of carbonyl (C=O) groups is 1. The van der Waals surface area contributed by atoms with Gasteiger partial charge in [0, 0.05) is 30.9 Å². The van der Waals surface area contributed by atoms with E-state index in [1.165, 1.54) is 6.20 Å². The first-order valence-corrected chi connectivity index (χ1v) is 7.64. The number of aromatic amines is 1. The Morgan fingerprint density at radius 3 is 2.79 bits per heavy atom. The first-order chi connectivity index (χ1) is 11.7. The van der Waals surface area contributed by atoms with Gasteiger partial charge in [-0.25, -0.2) is 4.68 Å². The van der Waals surface area contributed by atoms with Gasteiger partial charge in [-0.15, -0.1) is 0 Å². The van der Waals surface area contributed by atoms with Crippen LogP contribution in [-0.2, 0) is 5.60 Å². The van der Waals surface area contributed by atoms with Gasteiger partial charge in [-0.05, 0) is 30.3 Å². The third-order valence-corrected chi connectivity index (χ3v) is 4.31. The Hall–Kier alpha value is -3.00. The average Bonchev–Trinajstić information content (AvgIpc) is 3.35. The van der Waals surface area contributed by atoms with Crippen LogP contribution in [0.1, 0.15) is 22.5 Å². The standard InChI is InChI=1S/C16H16N6O2/c23-15(12-2-4-13(5-3-12)22-8-1-7-18-22)21-9-6-16(24,11-21)14-10-17-20-19-14/h1-5,7-8,10,24H,6,9,11H2,(H,17,19,20)/t16-/m1/s1. The van der Waals surface area contributed by atoms with Crippen LogP contribution in [0.5, 0.6) is 0 Å². The lowest BCUT2D eigenvalue weighted by Gasteiger charge is -2.21. The van der Waals surface area contributed by atoms with E-state index in [4.69, 9.17) is 0 Å². The molecule has 4 rings (SSSR count). The van der Waals surface area contributed by atoms with Gasteiger partial charge in [0.05, 0.1) is 18.4 Å². The van der Waals surface area contributed by atoms with Gasteiger partial charge < -0.3 is 10.0 Å². The molecule has 1 fully saturated rings. The highest BCUT2D eigenvalue weighted by Crippen LogP contribution is 2.31. The van der Waals surface area contributed by atoms with E-state index in [0.29, 0.717) is 24.2 Å². The summed E-state index contributed by atoms with van der Waals surface area (Å²) in [5.41, 5.74) is 0.789. The van der Waals surface area contributed by atoms with Crippen molar-refractivity contribution in [3.8, 4) is 5.69 Å². The van der Waals surface area contributed by atoms with E-state index in [1.54, 1.807) is 27.9 Å². The summed E-state index contributed by atoms with van der Waals surface area (Å²) >= 11 is 0. The van der Waals surface area contributed by atoms with Crippen LogP contribution in [0.15, 0.2) is 48.9 Å². The van der Waals surface area contributed by atoms with Crippen molar-refractivity contribution < 1.29 is 9.90 Å². The summed E-state index contributed by atoms with van der Waals surface area (Å²) in [6.45, 7) is 0.683. The zero-order valence-electron chi connectivity index (χ0n) is 12.8. The van der Waals surface area contributed by atoms with Gasteiger partial charge in [-0.2, -0.15) is 20.5 Å². The number of H-pyrrole nitrogens is 1. The molecule has 0 radical (unpaired) electrons. The van der Waals surface area contributed by atoms with Crippen LogP contribution in [0.3, 0.4) is 0 Å². The van der Waals surface area contributed by atoms with Gasteiger partial charge in [0.25, 0.3) is 5.91 Å². The summed E-state index contributed by atoms with van der Waals surface area (Å²) < 4.78 is 1.73. The largest absolute Gasteiger partial charge is 0.381 e. The molecule has 122 valence electrons. The van der Waals surface area contributed by atoms with Crippen molar-refractivity contribution in [1.82, 2.24) is 30.1 Å². The summed E-state index contributed by atoms with van der Waals surface area (Å²) in [4.78, 5) is 14.3. The Balaban J connectivity index is 1.50.